The third-order valence-electron chi connectivity index (χ3n) is 2.11. The summed E-state index contributed by atoms with van der Waals surface area (Å²) < 4.78 is 5.17. The van der Waals surface area contributed by atoms with Gasteiger partial charge in [-0.1, -0.05) is 27.7 Å². The number of methoxy groups -OCH3 is 1. The number of hydrogen-bond acceptors (Lipinski definition) is 6. The zero-order valence-electron chi connectivity index (χ0n) is 11.3. The molecule has 1 rings (SSSR count). The maximum Gasteiger partial charge on any atom is 0.114 e. The first-order chi connectivity index (χ1) is 9.26. The predicted molar refractivity (Wildman–Crippen MR) is 87.9 cm³/mol. The molecule has 0 radical (unpaired) electrons. The van der Waals surface area contributed by atoms with Gasteiger partial charge >= 0.3 is 0 Å². The van der Waals surface area contributed by atoms with E-state index in [9.17, 15) is 0 Å². The molecule has 3 nitrogen and oxygen atoms in total. The second kappa shape index (κ2) is 10.2. The molecule has 0 N–H and O–H groups in total. The molecule has 19 heavy (non-hydrogen) atoms. The van der Waals surface area contributed by atoms with E-state index in [0.717, 1.165) is 17.2 Å². The molecule has 0 saturated carbocycles. The van der Waals surface area contributed by atoms with Crippen LogP contribution in [-0.2, 0) is 10.5 Å². The van der Waals surface area contributed by atoms with E-state index in [1.54, 1.807) is 46.3 Å². The van der Waals surface area contributed by atoms with Crippen molar-refractivity contribution in [1.29, 1.82) is 0 Å². The van der Waals surface area contributed by atoms with Crippen molar-refractivity contribution in [3.05, 3.63) is 48.3 Å². The molecule has 0 aliphatic heterocycles. The normalized spacial score (nSPS) is 13.7. The van der Waals surface area contributed by atoms with Gasteiger partial charge in [-0.25, -0.2) is 0 Å². The largest absolute Gasteiger partial charge is 0.497 e. The molecular weight excluding hydrogens is 296 g/mol. The number of aromatic nitrogens is 2. The van der Waals surface area contributed by atoms with Crippen LogP contribution in [0.15, 0.2) is 42.6 Å². The molecule has 0 fully saturated rings. The first-order valence-corrected chi connectivity index (χ1v) is 9.56. The Balaban J connectivity index is 2.19. The lowest BCUT2D eigenvalue weighted by atomic mass is 10.3. The smallest absolute Gasteiger partial charge is 0.114 e. The molecule has 1 heterocycles. The summed E-state index contributed by atoms with van der Waals surface area (Å²) in [5.41, 5.74) is 1.01. The second-order valence-electron chi connectivity index (χ2n) is 3.58. The van der Waals surface area contributed by atoms with E-state index in [2.05, 4.69) is 23.0 Å². The van der Waals surface area contributed by atoms with Crippen LogP contribution in [0.25, 0.3) is 0 Å². The zero-order chi connectivity index (χ0) is 13.9. The monoisotopic (exact) mass is 314 g/mol. The summed E-state index contributed by atoms with van der Waals surface area (Å²) >= 11 is 0. The summed E-state index contributed by atoms with van der Waals surface area (Å²) in [5.74, 6) is 1.77. The fourth-order valence-electron chi connectivity index (χ4n) is 1.12. The molecule has 1 unspecified atom stereocenters. The Kier molecular flexibility index (Phi) is 8.86. The van der Waals surface area contributed by atoms with Crippen LogP contribution in [-0.4, -0.2) is 22.3 Å². The highest BCUT2D eigenvalue weighted by atomic mass is 33.5. The molecule has 6 heteroatoms. The summed E-state index contributed by atoms with van der Waals surface area (Å²) in [7, 11) is 7.06. The Labute approximate surface area is 126 Å². The first-order valence-electron chi connectivity index (χ1n) is 5.84. The highest BCUT2D eigenvalue weighted by molar-refractivity contribution is 9.09. The van der Waals surface area contributed by atoms with Crippen molar-refractivity contribution in [2.45, 2.75) is 24.9 Å². The van der Waals surface area contributed by atoms with Gasteiger partial charge in [0.15, 0.2) is 0 Å². The van der Waals surface area contributed by atoms with Gasteiger partial charge in [0.1, 0.15) is 5.76 Å². The van der Waals surface area contributed by atoms with Crippen LogP contribution < -0.4 is 0 Å². The number of allylic oxidation sites excluding steroid dienone is 2. The lowest BCUT2D eigenvalue weighted by Gasteiger charge is -2.05. The highest BCUT2D eigenvalue weighted by Crippen LogP contribution is 2.39. The summed E-state index contributed by atoms with van der Waals surface area (Å²) in [5, 5.41) is 0.435. The van der Waals surface area contributed by atoms with Crippen molar-refractivity contribution in [2.24, 2.45) is 0 Å². The fraction of sp³-hybridized carbons (Fsp3) is 0.385. The van der Waals surface area contributed by atoms with E-state index in [4.69, 9.17) is 4.74 Å². The Bertz CT molecular complexity index is 410. The second-order valence-corrected chi connectivity index (χ2v) is 8.10. The van der Waals surface area contributed by atoms with Crippen LogP contribution in [0.5, 0.6) is 0 Å². The minimum absolute atomic E-state index is 0.435. The maximum atomic E-state index is 5.17. The Hall–Kier alpha value is -0.590. The van der Waals surface area contributed by atoms with Crippen molar-refractivity contribution in [3.63, 3.8) is 0 Å². The van der Waals surface area contributed by atoms with E-state index in [0.29, 0.717) is 5.25 Å². The Morgan fingerprint density at radius 2 is 2.32 bits per heavy atom. The molecule has 1 aromatic heterocycles. The lowest BCUT2D eigenvalue weighted by Crippen LogP contribution is -1.88. The lowest BCUT2D eigenvalue weighted by molar-refractivity contribution is 0.306. The quantitative estimate of drug-likeness (QED) is 0.304. The molecule has 1 atom stereocenters. The van der Waals surface area contributed by atoms with Gasteiger partial charge in [0.2, 0.25) is 0 Å². The van der Waals surface area contributed by atoms with Crippen molar-refractivity contribution in [1.82, 2.24) is 9.97 Å². The van der Waals surface area contributed by atoms with E-state index in [-0.39, 0.29) is 0 Å². The number of hydrogen-bond donors (Lipinski definition) is 0. The molecule has 0 aliphatic carbocycles. The molecule has 0 amide bonds. The number of rotatable bonds is 8. The van der Waals surface area contributed by atoms with Gasteiger partial charge in [-0.2, -0.15) is 0 Å². The molecule has 0 aliphatic rings. The van der Waals surface area contributed by atoms with E-state index < -0.39 is 0 Å². The molecule has 0 spiro atoms. The van der Waals surface area contributed by atoms with Crippen LogP contribution in [0.4, 0.5) is 0 Å². The van der Waals surface area contributed by atoms with Crippen molar-refractivity contribution < 1.29 is 4.74 Å². The Morgan fingerprint density at radius 1 is 1.47 bits per heavy atom. The van der Waals surface area contributed by atoms with Crippen LogP contribution in [0.1, 0.15) is 19.5 Å². The van der Waals surface area contributed by atoms with Gasteiger partial charge in [-0.05, 0) is 35.8 Å². The summed E-state index contributed by atoms with van der Waals surface area (Å²) in [4.78, 5) is 8.28. The van der Waals surface area contributed by atoms with E-state index in [1.807, 2.05) is 29.9 Å². The van der Waals surface area contributed by atoms with Crippen molar-refractivity contribution in [3.8, 4) is 0 Å². The van der Waals surface area contributed by atoms with Gasteiger partial charge in [0, 0.05) is 29.6 Å². The minimum atomic E-state index is 0.435. The average molecular weight is 315 g/mol. The summed E-state index contributed by atoms with van der Waals surface area (Å²) in [6.07, 6.45) is 11.3. The maximum absolute atomic E-state index is 5.17. The van der Waals surface area contributed by atoms with Crippen molar-refractivity contribution in [2.75, 3.05) is 7.11 Å². The summed E-state index contributed by atoms with van der Waals surface area (Å²) in [6.45, 7) is 4.13. The SMILES string of the molecule is C/C=C(\C=C/C(C)SSSCc1cnccn1)OC. The van der Waals surface area contributed by atoms with Gasteiger partial charge in [-0.15, -0.1) is 0 Å². The van der Waals surface area contributed by atoms with Gasteiger partial charge in [-0.3, -0.25) is 9.97 Å². The first kappa shape index (κ1) is 16.5. The third-order valence-corrected chi connectivity index (χ3v) is 6.53. The minimum Gasteiger partial charge on any atom is -0.497 e. The number of ether oxygens (including phenoxy) is 1. The molecule has 104 valence electrons. The number of nitrogens with zero attached hydrogens (tertiary/aromatic N) is 2. The van der Waals surface area contributed by atoms with Crippen molar-refractivity contribution >= 4 is 31.4 Å². The Morgan fingerprint density at radius 3 is 2.95 bits per heavy atom. The molecular formula is C13H18N2OS3. The third kappa shape index (κ3) is 7.54. The predicted octanol–water partition coefficient (Wildman–Crippen LogP) is 4.50. The highest BCUT2D eigenvalue weighted by Gasteiger charge is 2.01. The molecule has 0 bridgehead atoms. The van der Waals surface area contributed by atoms with Crippen LogP contribution >= 0.6 is 31.4 Å². The molecule has 0 aromatic carbocycles. The zero-order valence-corrected chi connectivity index (χ0v) is 13.7. The standard InChI is InChI=1S/C13H18N2OS3/c1-4-13(16-3)6-5-11(2)18-19-17-10-12-9-14-7-8-15-12/h4-9,11H,10H2,1-3H3/b6-5-,13-4+. The average Bonchev–Trinajstić information content (AvgIpc) is 2.46. The van der Waals surface area contributed by atoms with Gasteiger partial charge < -0.3 is 4.74 Å². The van der Waals surface area contributed by atoms with Crippen LogP contribution in [0.3, 0.4) is 0 Å². The van der Waals surface area contributed by atoms with Gasteiger partial charge in [0.05, 0.1) is 12.8 Å². The van der Waals surface area contributed by atoms with Gasteiger partial charge in [0.25, 0.3) is 0 Å². The molecule has 1 aromatic rings. The van der Waals surface area contributed by atoms with Crippen LogP contribution in [0, 0.1) is 0 Å². The van der Waals surface area contributed by atoms with E-state index in [1.165, 1.54) is 0 Å². The topological polar surface area (TPSA) is 35.0 Å². The molecule has 0 saturated heterocycles. The summed E-state index contributed by atoms with van der Waals surface area (Å²) in [6, 6.07) is 0. The van der Waals surface area contributed by atoms with E-state index >= 15 is 0 Å². The van der Waals surface area contributed by atoms with Crippen LogP contribution in [0.2, 0.25) is 0 Å². The fourth-order valence-corrected chi connectivity index (χ4v) is 5.05.